The number of thioether (sulfide) groups is 1. The van der Waals surface area contributed by atoms with Crippen LogP contribution in [0.15, 0.2) is 30.3 Å². The van der Waals surface area contributed by atoms with Gasteiger partial charge in [-0.25, -0.2) is 0 Å². The van der Waals surface area contributed by atoms with Crippen LogP contribution in [0.5, 0.6) is 0 Å². The Bertz CT molecular complexity index is 601. The van der Waals surface area contributed by atoms with Crippen LogP contribution in [0.3, 0.4) is 0 Å². The van der Waals surface area contributed by atoms with Gasteiger partial charge in [0.05, 0.1) is 5.88 Å². The lowest BCUT2D eigenvalue weighted by molar-refractivity contribution is -0.141. The van der Waals surface area contributed by atoms with E-state index in [9.17, 15) is 9.59 Å². The van der Waals surface area contributed by atoms with Gasteiger partial charge in [0.25, 0.3) is 0 Å². The Morgan fingerprint density at radius 1 is 1.35 bits per heavy atom. The van der Waals surface area contributed by atoms with Gasteiger partial charge in [-0.05, 0) is 37.6 Å². The van der Waals surface area contributed by atoms with E-state index in [-0.39, 0.29) is 23.9 Å². The lowest BCUT2D eigenvalue weighted by Crippen LogP contribution is -2.49. The normalized spacial score (nSPS) is 18.0. The van der Waals surface area contributed by atoms with Gasteiger partial charge in [0.2, 0.25) is 11.8 Å². The molecule has 2 amide bonds. The molecule has 1 aromatic rings. The van der Waals surface area contributed by atoms with Crippen molar-refractivity contribution in [1.82, 2.24) is 9.80 Å². The molecule has 1 aliphatic heterocycles. The van der Waals surface area contributed by atoms with E-state index in [4.69, 9.17) is 11.6 Å². The molecule has 0 saturated carbocycles. The highest BCUT2D eigenvalue weighted by Crippen LogP contribution is 2.23. The first kappa shape index (κ1) is 17.9. The molecule has 0 bridgehead atoms. The summed E-state index contributed by atoms with van der Waals surface area (Å²) in [7, 11) is 1.78. The second kappa shape index (κ2) is 7.88. The van der Waals surface area contributed by atoms with Crippen LogP contribution in [0.4, 0.5) is 0 Å². The van der Waals surface area contributed by atoms with Crippen LogP contribution in [-0.2, 0) is 9.59 Å². The van der Waals surface area contributed by atoms with E-state index in [1.54, 1.807) is 46.8 Å². The molecule has 124 valence electrons. The van der Waals surface area contributed by atoms with Gasteiger partial charge in [-0.3, -0.25) is 9.59 Å². The monoisotopic (exact) mass is 352 g/mol. The summed E-state index contributed by atoms with van der Waals surface area (Å²) < 4.78 is 0. The summed E-state index contributed by atoms with van der Waals surface area (Å²) in [5.41, 5.74) is 0.900. The molecule has 4 nitrogen and oxygen atoms in total. The highest BCUT2D eigenvalue weighted by atomic mass is 35.5. The second-order valence-corrected chi connectivity index (χ2v) is 7.19. The zero-order chi connectivity index (χ0) is 17.0. The number of halogens is 1. The summed E-state index contributed by atoms with van der Waals surface area (Å²) in [5, 5.41) is 0.659. The molecular formula is C17H21ClN2O2S. The van der Waals surface area contributed by atoms with Crippen molar-refractivity contribution in [1.29, 1.82) is 0 Å². The fourth-order valence-corrected chi connectivity index (χ4v) is 3.47. The SMILES string of the molecule is CC(C)N(C)C(=O)C1CSCN1C(=O)/C=C/c1ccc(Cl)cc1. The van der Waals surface area contributed by atoms with Gasteiger partial charge in [0, 0.05) is 29.9 Å². The minimum absolute atomic E-state index is 0.00163. The lowest BCUT2D eigenvalue weighted by Gasteiger charge is -2.29. The molecule has 1 unspecified atom stereocenters. The van der Waals surface area contributed by atoms with E-state index in [1.165, 1.54) is 6.08 Å². The van der Waals surface area contributed by atoms with Crippen LogP contribution in [0.25, 0.3) is 6.08 Å². The number of benzene rings is 1. The Morgan fingerprint density at radius 2 is 2.00 bits per heavy atom. The van der Waals surface area contributed by atoms with Gasteiger partial charge in [-0.15, -0.1) is 11.8 Å². The van der Waals surface area contributed by atoms with Gasteiger partial charge in [-0.2, -0.15) is 0 Å². The molecule has 0 aliphatic carbocycles. The fraction of sp³-hybridized carbons (Fsp3) is 0.412. The van der Waals surface area contributed by atoms with Gasteiger partial charge < -0.3 is 9.80 Å². The molecule has 1 fully saturated rings. The summed E-state index contributed by atoms with van der Waals surface area (Å²) in [4.78, 5) is 28.2. The van der Waals surface area contributed by atoms with Crippen LogP contribution < -0.4 is 0 Å². The van der Waals surface area contributed by atoms with Crippen molar-refractivity contribution in [3.05, 3.63) is 40.9 Å². The Labute approximate surface area is 146 Å². The van der Waals surface area contributed by atoms with Crippen molar-refractivity contribution in [3.63, 3.8) is 0 Å². The summed E-state index contributed by atoms with van der Waals surface area (Å²) in [5.74, 6) is 1.06. The number of hydrogen-bond donors (Lipinski definition) is 0. The molecule has 1 atom stereocenters. The lowest BCUT2D eigenvalue weighted by atomic mass is 10.2. The quantitative estimate of drug-likeness (QED) is 0.782. The van der Waals surface area contributed by atoms with Crippen molar-refractivity contribution in [3.8, 4) is 0 Å². The van der Waals surface area contributed by atoms with Crippen molar-refractivity contribution in [2.24, 2.45) is 0 Å². The highest BCUT2D eigenvalue weighted by Gasteiger charge is 2.35. The van der Waals surface area contributed by atoms with Crippen LogP contribution >= 0.6 is 23.4 Å². The maximum atomic E-state index is 12.5. The number of amides is 2. The van der Waals surface area contributed by atoms with Gasteiger partial charge in [-0.1, -0.05) is 23.7 Å². The smallest absolute Gasteiger partial charge is 0.247 e. The van der Waals surface area contributed by atoms with Gasteiger partial charge in [0.1, 0.15) is 6.04 Å². The number of rotatable bonds is 4. The largest absolute Gasteiger partial charge is 0.342 e. The standard InChI is InChI=1S/C17H21ClN2O2S/c1-12(2)19(3)17(22)15-10-23-11-20(15)16(21)9-6-13-4-7-14(18)8-5-13/h4-9,12,15H,10-11H2,1-3H3/b9-6+. The van der Waals surface area contributed by atoms with E-state index in [1.807, 2.05) is 26.0 Å². The van der Waals surface area contributed by atoms with E-state index in [0.717, 1.165) is 5.56 Å². The molecule has 1 aromatic carbocycles. The highest BCUT2D eigenvalue weighted by molar-refractivity contribution is 7.99. The molecule has 6 heteroatoms. The van der Waals surface area contributed by atoms with Crippen molar-refractivity contribution in [2.45, 2.75) is 25.9 Å². The molecule has 23 heavy (non-hydrogen) atoms. The zero-order valence-electron chi connectivity index (χ0n) is 13.5. The number of likely N-dealkylation sites (N-methyl/N-ethyl adjacent to an activating group) is 1. The summed E-state index contributed by atoms with van der Waals surface area (Å²) in [6.07, 6.45) is 3.26. The topological polar surface area (TPSA) is 40.6 Å². The molecule has 2 rings (SSSR count). The Hall–Kier alpha value is -1.46. The average Bonchev–Trinajstić information content (AvgIpc) is 3.02. The molecule has 1 aliphatic rings. The number of carbonyl (C=O) groups excluding carboxylic acids is 2. The predicted molar refractivity (Wildman–Crippen MR) is 96.4 cm³/mol. The Balaban J connectivity index is 2.05. The fourth-order valence-electron chi connectivity index (χ4n) is 2.19. The first-order valence-corrected chi connectivity index (χ1v) is 9.02. The zero-order valence-corrected chi connectivity index (χ0v) is 15.1. The average molecular weight is 353 g/mol. The molecule has 0 N–H and O–H groups in total. The molecule has 0 aromatic heterocycles. The molecule has 0 radical (unpaired) electrons. The van der Waals surface area contributed by atoms with Crippen molar-refractivity contribution >= 4 is 41.3 Å². The third-order valence-corrected chi connectivity index (χ3v) is 5.13. The summed E-state index contributed by atoms with van der Waals surface area (Å²) in [6, 6.07) is 6.99. The summed E-state index contributed by atoms with van der Waals surface area (Å²) in [6.45, 7) is 3.93. The molecule has 1 saturated heterocycles. The third kappa shape index (κ3) is 4.52. The maximum Gasteiger partial charge on any atom is 0.247 e. The van der Waals surface area contributed by atoms with E-state index in [0.29, 0.717) is 16.7 Å². The van der Waals surface area contributed by atoms with E-state index >= 15 is 0 Å². The minimum atomic E-state index is -0.380. The van der Waals surface area contributed by atoms with Gasteiger partial charge >= 0.3 is 0 Å². The number of carbonyl (C=O) groups is 2. The molecular weight excluding hydrogens is 332 g/mol. The van der Waals surface area contributed by atoms with E-state index in [2.05, 4.69) is 0 Å². The Kier molecular flexibility index (Phi) is 6.13. The van der Waals surface area contributed by atoms with Crippen LogP contribution in [0.1, 0.15) is 19.4 Å². The van der Waals surface area contributed by atoms with Crippen molar-refractivity contribution < 1.29 is 9.59 Å². The number of nitrogens with zero attached hydrogens (tertiary/aromatic N) is 2. The van der Waals surface area contributed by atoms with Crippen LogP contribution in [0.2, 0.25) is 5.02 Å². The van der Waals surface area contributed by atoms with Crippen LogP contribution in [-0.4, -0.2) is 52.4 Å². The molecule has 0 spiro atoms. The summed E-state index contributed by atoms with van der Waals surface area (Å²) >= 11 is 7.45. The second-order valence-electron chi connectivity index (χ2n) is 5.75. The van der Waals surface area contributed by atoms with Crippen molar-refractivity contribution in [2.75, 3.05) is 18.7 Å². The Morgan fingerprint density at radius 3 is 2.61 bits per heavy atom. The first-order chi connectivity index (χ1) is 10.9. The molecule has 1 heterocycles. The minimum Gasteiger partial charge on any atom is -0.342 e. The van der Waals surface area contributed by atoms with E-state index < -0.39 is 0 Å². The third-order valence-electron chi connectivity index (χ3n) is 3.86. The van der Waals surface area contributed by atoms with Crippen LogP contribution in [0, 0.1) is 0 Å². The first-order valence-electron chi connectivity index (χ1n) is 7.49. The van der Waals surface area contributed by atoms with Gasteiger partial charge in [0.15, 0.2) is 0 Å². The maximum absolute atomic E-state index is 12.5. The predicted octanol–water partition coefficient (Wildman–Crippen LogP) is 3.12. The number of hydrogen-bond acceptors (Lipinski definition) is 3.